The van der Waals surface area contributed by atoms with Gasteiger partial charge in [0.15, 0.2) is 0 Å². The standard InChI is InChI=1S/C14H14ClNO3S/c1-2-19-14-6-4-3-5-13(14)16-20(17,18)12-9-7-11(15)8-10-12/h3-10,16H,2H2,1H3. The Labute approximate surface area is 123 Å². The molecule has 0 saturated carbocycles. The molecule has 0 aliphatic heterocycles. The zero-order chi connectivity index (χ0) is 14.6. The van der Waals surface area contributed by atoms with Crippen molar-refractivity contribution >= 4 is 27.3 Å². The number of hydrogen-bond acceptors (Lipinski definition) is 3. The Morgan fingerprint density at radius 3 is 2.40 bits per heavy atom. The number of para-hydroxylation sites is 2. The van der Waals surface area contributed by atoms with Crippen molar-refractivity contribution in [1.82, 2.24) is 0 Å². The summed E-state index contributed by atoms with van der Waals surface area (Å²) in [6.45, 7) is 2.30. The van der Waals surface area contributed by atoms with Crippen LogP contribution >= 0.6 is 11.6 Å². The summed E-state index contributed by atoms with van der Waals surface area (Å²) in [5, 5.41) is 0.485. The van der Waals surface area contributed by atoms with E-state index in [4.69, 9.17) is 16.3 Å². The van der Waals surface area contributed by atoms with E-state index in [1.165, 1.54) is 24.3 Å². The third kappa shape index (κ3) is 3.43. The quantitative estimate of drug-likeness (QED) is 0.919. The average Bonchev–Trinajstić information content (AvgIpc) is 2.41. The van der Waals surface area contributed by atoms with E-state index in [-0.39, 0.29) is 4.90 Å². The molecule has 2 aromatic rings. The summed E-state index contributed by atoms with van der Waals surface area (Å²) in [5.41, 5.74) is 0.407. The summed E-state index contributed by atoms with van der Waals surface area (Å²) < 4.78 is 32.4. The Morgan fingerprint density at radius 1 is 1.10 bits per heavy atom. The summed E-state index contributed by atoms with van der Waals surface area (Å²) in [6, 6.07) is 12.9. The zero-order valence-electron chi connectivity index (χ0n) is 10.8. The highest BCUT2D eigenvalue weighted by atomic mass is 35.5. The molecule has 0 aliphatic rings. The van der Waals surface area contributed by atoms with Gasteiger partial charge in [0.2, 0.25) is 0 Å². The minimum Gasteiger partial charge on any atom is -0.492 e. The summed E-state index contributed by atoms with van der Waals surface area (Å²) >= 11 is 5.75. The molecule has 20 heavy (non-hydrogen) atoms. The van der Waals surface area contributed by atoms with E-state index >= 15 is 0 Å². The van der Waals surface area contributed by atoms with E-state index in [2.05, 4.69) is 4.72 Å². The number of rotatable bonds is 5. The summed E-state index contributed by atoms with van der Waals surface area (Å²) in [7, 11) is -3.66. The van der Waals surface area contributed by atoms with Gasteiger partial charge in [-0.15, -0.1) is 0 Å². The van der Waals surface area contributed by atoms with E-state index in [0.717, 1.165) is 0 Å². The highest BCUT2D eigenvalue weighted by Crippen LogP contribution is 2.26. The van der Waals surface area contributed by atoms with Gasteiger partial charge in [0, 0.05) is 5.02 Å². The van der Waals surface area contributed by atoms with Gasteiger partial charge in [0.25, 0.3) is 10.0 Å². The van der Waals surface area contributed by atoms with E-state index in [1.807, 2.05) is 6.92 Å². The predicted octanol–water partition coefficient (Wildman–Crippen LogP) is 3.54. The molecule has 2 aromatic carbocycles. The van der Waals surface area contributed by atoms with Crippen molar-refractivity contribution in [1.29, 1.82) is 0 Å². The van der Waals surface area contributed by atoms with Crippen LogP contribution in [-0.2, 0) is 10.0 Å². The summed E-state index contributed by atoms with van der Waals surface area (Å²) in [6.07, 6.45) is 0. The van der Waals surface area contributed by atoms with Crippen LogP contribution in [0.2, 0.25) is 5.02 Å². The molecule has 0 aliphatic carbocycles. The molecule has 2 rings (SSSR count). The lowest BCUT2D eigenvalue weighted by molar-refractivity contribution is 0.342. The first-order valence-electron chi connectivity index (χ1n) is 6.03. The van der Waals surface area contributed by atoms with Crippen LogP contribution in [0, 0.1) is 0 Å². The zero-order valence-corrected chi connectivity index (χ0v) is 12.4. The van der Waals surface area contributed by atoms with Crippen LogP contribution in [0.1, 0.15) is 6.92 Å². The second-order valence-corrected chi connectivity index (χ2v) is 6.11. The fourth-order valence-corrected chi connectivity index (χ4v) is 2.85. The van der Waals surface area contributed by atoms with Gasteiger partial charge in [-0.2, -0.15) is 0 Å². The SMILES string of the molecule is CCOc1ccccc1NS(=O)(=O)c1ccc(Cl)cc1. The van der Waals surface area contributed by atoms with Gasteiger partial charge in [-0.1, -0.05) is 23.7 Å². The lowest BCUT2D eigenvalue weighted by atomic mass is 10.3. The van der Waals surface area contributed by atoms with Crippen molar-refractivity contribution in [3.8, 4) is 5.75 Å². The third-order valence-corrected chi connectivity index (χ3v) is 4.19. The lowest BCUT2D eigenvalue weighted by Crippen LogP contribution is -2.13. The molecule has 106 valence electrons. The maximum Gasteiger partial charge on any atom is 0.262 e. The Bertz CT molecular complexity index is 684. The van der Waals surface area contributed by atoms with Crippen LogP contribution in [0.25, 0.3) is 0 Å². The molecular weight excluding hydrogens is 298 g/mol. The normalized spacial score (nSPS) is 11.1. The molecule has 6 heteroatoms. The molecule has 0 aromatic heterocycles. The van der Waals surface area contributed by atoms with Gasteiger partial charge in [-0.25, -0.2) is 8.42 Å². The first kappa shape index (κ1) is 14.7. The number of sulfonamides is 1. The molecule has 0 fully saturated rings. The number of hydrogen-bond donors (Lipinski definition) is 1. The molecule has 4 nitrogen and oxygen atoms in total. The number of halogens is 1. The van der Waals surface area contributed by atoms with Crippen molar-refractivity contribution in [3.63, 3.8) is 0 Å². The molecule has 0 spiro atoms. The Balaban J connectivity index is 2.31. The minimum atomic E-state index is -3.66. The van der Waals surface area contributed by atoms with Crippen LogP contribution in [-0.4, -0.2) is 15.0 Å². The molecule has 0 saturated heterocycles. The first-order valence-corrected chi connectivity index (χ1v) is 7.89. The first-order chi connectivity index (χ1) is 9.53. The number of anilines is 1. The van der Waals surface area contributed by atoms with E-state index in [1.54, 1.807) is 24.3 Å². The Hall–Kier alpha value is -1.72. The van der Waals surface area contributed by atoms with Gasteiger partial charge in [0.05, 0.1) is 17.2 Å². The van der Waals surface area contributed by atoms with Gasteiger partial charge in [0.1, 0.15) is 5.75 Å². The van der Waals surface area contributed by atoms with E-state index < -0.39 is 10.0 Å². The second kappa shape index (κ2) is 6.15. The van der Waals surface area contributed by atoms with Crippen LogP contribution in [0.4, 0.5) is 5.69 Å². The van der Waals surface area contributed by atoms with Crippen LogP contribution < -0.4 is 9.46 Å². The Kier molecular flexibility index (Phi) is 4.52. The molecule has 0 atom stereocenters. The van der Waals surface area contributed by atoms with Crippen LogP contribution in [0.15, 0.2) is 53.4 Å². The number of nitrogens with one attached hydrogen (secondary N) is 1. The molecule has 0 amide bonds. The molecule has 0 radical (unpaired) electrons. The molecule has 0 heterocycles. The fraction of sp³-hybridized carbons (Fsp3) is 0.143. The molecule has 1 N–H and O–H groups in total. The monoisotopic (exact) mass is 311 g/mol. The van der Waals surface area contributed by atoms with Crippen LogP contribution in [0.5, 0.6) is 5.75 Å². The second-order valence-electron chi connectivity index (χ2n) is 3.99. The van der Waals surface area contributed by atoms with Gasteiger partial charge < -0.3 is 4.74 Å². The highest BCUT2D eigenvalue weighted by molar-refractivity contribution is 7.92. The van der Waals surface area contributed by atoms with Crippen molar-refractivity contribution in [2.24, 2.45) is 0 Å². The lowest BCUT2D eigenvalue weighted by Gasteiger charge is -2.12. The highest BCUT2D eigenvalue weighted by Gasteiger charge is 2.16. The van der Waals surface area contributed by atoms with Crippen molar-refractivity contribution in [2.45, 2.75) is 11.8 Å². The maximum absolute atomic E-state index is 12.3. The average molecular weight is 312 g/mol. The van der Waals surface area contributed by atoms with E-state index in [9.17, 15) is 8.42 Å². The molecule has 0 bridgehead atoms. The largest absolute Gasteiger partial charge is 0.492 e. The van der Waals surface area contributed by atoms with Crippen LogP contribution in [0.3, 0.4) is 0 Å². The number of ether oxygens (including phenoxy) is 1. The fourth-order valence-electron chi connectivity index (χ4n) is 1.65. The van der Waals surface area contributed by atoms with Gasteiger partial charge >= 0.3 is 0 Å². The number of benzene rings is 2. The minimum absolute atomic E-state index is 0.146. The topological polar surface area (TPSA) is 55.4 Å². The molecular formula is C14H14ClNO3S. The van der Waals surface area contributed by atoms with Crippen molar-refractivity contribution in [3.05, 3.63) is 53.6 Å². The smallest absolute Gasteiger partial charge is 0.262 e. The molecule has 0 unspecified atom stereocenters. The van der Waals surface area contributed by atoms with E-state index in [0.29, 0.717) is 23.1 Å². The summed E-state index contributed by atoms with van der Waals surface area (Å²) in [4.78, 5) is 0.146. The maximum atomic E-state index is 12.3. The van der Waals surface area contributed by atoms with Crippen molar-refractivity contribution in [2.75, 3.05) is 11.3 Å². The Morgan fingerprint density at radius 2 is 1.75 bits per heavy atom. The van der Waals surface area contributed by atoms with Gasteiger partial charge in [-0.3, -0.25) is 4.72 Å². The summed E-state index contributed by atoms with van der Waals surface area (Å²) in [5.74, 6) is 0.493. The predicted molar refractivity (Wildman–Crippen MR) is 79.9 cm³/mol. The van der Waals surface area contributed by atoms with Gasteiger partial charge in [-0.05, 0) is 43.3 Å². The third-order valence-electron chi connectivity index (χ3n) is 2.56. The van der Waals surface area contributed by atoms with Crippen molar-refractivity contribution < 1.29 is 13.2 Å².